The van der Waals surface area contributed by atoms with E-state index in [9.17, 15) is 4.79 Å². The van der Waals surface area contributed by atoms with E-state index in [4.69, 9.17) is 9.73 Å². The highest BCUT2D eigenvalue weighted by Gasteiger charge is 2.28. The number of carbonyl (C=O) groups is 1. The number of aliphatic imine (C=N–C) groups is 1. The molecule has 1 amide bonds. The van der Waals surface area contributed by atoms with E-state index in [1.807, 2.05) is 20.8 Å². The number of carbonyl (C=O) groups excluding carboxylic acids is 1. The van der Waals surface area contributed by atoms with E-state index in [-0.39, 0.29) is 17.6 Å². The zero-order chi connectivity index (χ0) is 20.0. The lowest BCUT2D eigenvalue weighted by molar-refractivity contribution is 0.0507. The van der Waals surface area contributed by atoms with Crippen molar-refractivity contribution in [1.29, 1.82) is 0 Å². The van der Waals surface area contributed by atoms with Crippen LogP contribution in [-0.2, 0) is 4.74 Å². The maximum Gasteiger partial charge on any atom is 0.407 e. The third kappa shape index (κ3) is 8.74. The van der Waals surface area contributed by atoms with Crippen molar-refractivity contribution in [3.8, 4) is 0 Å². The van der Waals surface area contributed by atoms with Gasteiger partial charge in [0.05, 0.1) is 6.04 Å². The number of hydrogen-bond acceptors (Lipinski definition) is 4. The van der Waals surface area contributed by atoms with Crippen molar-refractivity contribution in [2.75, 3.05) is 46.8 Å². The van der Waals surface area contributed by atoms with Crippen molar-refractivity contribution in [3.05, 3.63) is 0 Å². The van der Waals surface area contributed by atoms with Crippen molar-refractivity contribution < 1.29 is 9.53 Å². The third-order valence-electron chi connectivity index (χ3n) is 3.94. The first-order valence-corrected chi connectivity index (χ1v) is 9.59. The number of rotatable bonds is 6. The highest BCUT2D eigenvalue weighted by atomic mass is 16.6. The molecule has 152 valence electrons. The van der Waals surface area contributed by atoms with Gasteiger partial charge in [0, 0.05) is 32.7 Å². The third-order valence-corrected chi connectivity index (χ3v) is 3.94. The molecule has 0 aromatic heterocycles. The van der Waals surface area contributed by atoms with Crippen LogP contribution in [0.3, 0.4) is 0 Å². The van der Waals surface area contributed by atoms with Crippen molar-refractivity contribution >= 4 is 12.1 Å². The molecule has 1 fully saturated rings. The van der Waals surface area contributed by atoms with E-state index in [1.165, 1.54) is 0 Å². The summed E-state index contributed by atoms with van der Waals surface area (Å²) >= 11 is 0. The summed E-state index contributed by atoms with van der Waals surface area (Å²) in [6.45, 7) is 16.4. The molecular weight excluding hydrogens is 330 g/mol. The van der Waals surface area contributed by atoms with Crippen LogP contribution in [0.4, 0.5) is 4.79 Å². The lowest BCUT2D eigenvalue weighted by atomic mass is 9.93. The predicted octanol–water partition coefficient (Wildman–Crippen LogP) is 2.14. The molecule has 1 aliphatic heterocycles. The smallest absolute Gasteiger partial charge is 0.407 e. The Balaban J connectivity index is 2.63. The Kier molecular flexibility index (Phi) is 8.18. The zero-order valence-electron chi connectivity index (χ0n) is 18.0. The number of nitrogens with zero attached hydrogens (tertiary/aromatic N) is 3. The van der Waals surface area contributed by atoms with Crippen LogP contribution in [0.15, 0.2) is 4.99 Å². The van der Waals surface area contributed by atoms with E-state index in [0.29, 0.717) is 0 Å². The van der Waals surface area contributed by atoms with Gasteiger partial charge in [0.2, 0.25) is 0 Å². The minimum absolute atomic E-state index is 0.0866. The second-order valence-electron chi connectivity index (χ2n) is 9.15. The molecule has 0 bridgehead atoms. The SMILES string of the molecule is CCNC(=NCC(C)(C)CN(C)C)N1CCC(NC(=O)OC(C)(C)C)C1. The van der Waals surface area contributed by atoms with Crippen LogP contribution in [0, 0.1) is 5.41 Å². The number of hydrogen-bond donors (Lipinski definition) is 2. The molecule has 0 spiro atoms. The van der Waals surface area contributed by atoms with Crippen LogP contribution in [0.2, 0.25) is 0 Å². The lowest BCUT2D eigenvalue weighted by Gasteiger charge is -2.28. The number of guanidine groups is 1. The maximum atomic E-state index is 12.0. The van der Waals surface area contributed by atoms with Crippen molar-refractivity contribution in [2.24, 2.45) is 10.4 Å². The summed E-state index contributed by atoms with van der Waals surface area (Å²) in [6, 6.07) is 0.0866. The summed E-state index contributed by atoms with van der Waals surface area (Å²) in [5, 5.41) is 6.35. The first-order valence-electron chi connectivity index (χ1n) is 9.59. The maximum absolute atomic E-state index is 12.0. The Labute approximate surface area is 159 Å². The molecule has 1 aliphatic rings. The van der Waals surface area contributed by atoms with Crippen LogP contribution in [-0.4, -0.2) is 80.3 Å². The standard InChI is InChI=1S/C19H39N5O2/c1-9-20-16(21-13-19(5,6)14-23(7)8)24-11-10-15(12-24)22-17(25)26-18(2,3)4/h15H,9-14H2,1-8H3,(H,20,21)(H,22,25). The molecule has 0 aromatic rings. The lowest BCUT2D eigenvalue weighted by Crippen LogP contribution is -2.44. The molecule has 2 N–H and O–H groups in total. The van der Waals surface area contributed by atoms with Crippen LogP contribution in [0.25, 0.3) is 0 Å². The average Bonchev–Trinajstić information content (AvgIpc) is 2.88. The monoisotopic (exact) mass is 369 g/mol. The van der Waals surface area contributed by atoms with Gasteiger partial charge in [0.1, 0.15) is 5.60 Å². The Hall–Kier alpha value is -1.50. The fourth-order valence-electron chi connectivity index (χ4n) is 3.17. The quantitative estimate of drug-likeness (QED) is 0.554. The number of amides is 1. The minimum Gasteiger partial charge on any atom is -0.444 e. The largest absolute Gasteiger partial charge is 0.444 e. The highest BCUT2D eigenvalue weighted by Crippen LogP contribution is 2.17. The van der Waals surface area contributed by atoms with Gasteiger partial charge in [-0.05, 0) is 53.6 Å². The Morgan fingerprint density at radius 1 is 1.27 bits per heavy atom. The Morgan fingerprint density at radius 2 is 1.92 bits per heavy atom. The Morgan fingerprint density at radius 3 is 2.46 bits per heavy atom. The average molecular weight is 370 g/mol. The van der Waals surface area contributed by atoms with E-state index in [0.717, 1.165) is 45.1 Å². The van der Waals surface area contributed by atoms with Gasteiger partial charge < -0.3 is 25.2 Å². The van der Waals surface area contributed by atoms with Crippen LogP contribution in [0.5, 0.6) is 0 Å². The van der Waals surface area contributed by atoms with Crippen LogP contribution in [0.1, 0.15) is 48.0 Å². The molecule has 0 saturated carbocycles. The summed E-state index contributed by atoms with van der Waals surface area (Å²) in [5.74, 6) is 0.924. The fraction of sp³-hybridized carbons (Fsp3) is 0.895. The topological polar surface area (TPSA) is 69.2 Å². The Bertz CT molecular complexity index is 483. The van der Waals surface area contributed by atoms with Crippen LogP contribution >= 0.6 is 0 Å². The minimum atomic E-state index is -0.475. The number of alkyl carbamates (subject to hydrolysis) is 1. The first-order chi connectivity index (χ1) is 11.9. The van der Waals surface area contributed by atoms with Gasteiger partial charge in [0.25, 0.3) is 0 Å². The van der Waals surface area contributed by atoms with Gasteiger partial charge in [-0.2, -0.15) is 0 Å². The van der Waals surface area contributed by atoms with Gasteiger partial charge in [-0.1, -0.05) is 13.8 Å². The fourth-order valence-corrected chi connectivity index (χ4v) is 3.17. The number of likely N-dealkylation sites (tertiary alicyclic amines) is 1. The molecule has 1 atom stereocenters. The molecule has 1 saturated heterocycles. The van der Waals surface area contributed by atoms with E-state index in [1.54, 1.807) is 0 Å². The summed E-state index contributed by atoms with van der Waals surface area (Å²) in [4.78, 5) is 21.2. The van der Waals surface area contributed by atoms with E-state index >= 15 is 0 Å². The van der Waals surface area contributed by atoms with Gasteiger partial charge in [-0.25, -0.2) is 4.79 Å². The van der Waals surface area contributed by atoms with Gasteiger partial charge in [-0.15, -0.1) is 0 Å². The molecule has 7 heteroatoms. The summed E-state index contributed by atoms with van der Waals surface area (Å²) in [5.41, 5.74) is -0.366. The second-order valence-corrected chi connectivity index (χ2v) is 9.15. The molecule has 1 unspecified atom stereocenters. The summed E-state index contributed by atoms with van der Waals surface area (Å²) in [6.07, 6.45) is 0.545. The molecule has 7 nitrogen and oxygen atoms in total. The molecule has 0 radical (unpaired) electrons. The van der Waals surface area contributed by atoms with E-state index in [2.05, 4.69) is 55.3 Å². The second kappa shape index (κ2) is 9.44. The molecule has 26 heavy (non-hydrogen) atoms. The van der Waals surface area contributed by atoms with Crippen molar-refractivity contribution in [1.82, 2.24) is 20.4 Å². The highest BCUT2D eigenvalue weighted by molar-refractivity contribution is 5.80. The van der Waals surface area contributed by atoms with Gasteiger partial charge in [0.15, 0.2) is 5.96 Å². The van der Waals surface area contributed by atoms with Crippen LogP contribution < -0.4 is 10.6 Å². The summed E-state index contributed by atoms with van der Waals surface area (Å²) in [7, 11) is 4.17. The zero-order valence-corrected chi connectivity index (χ0v) is 18.0. The van der Waals surface area contributed by atoms with Crippen molar-refractivity contribution in [3.63, 3.8) is 0 Å². The van der Waals surface area contributed by atoms with Gasteiger partial charge in [-0.3, -0.25) is 4.99 Å². The first kappa shape index (κ1) is 22.5. The normalized spacial score (nSPS) is 19.0. The molecule has 0 aromatic carbocycles. The number of nitrogens with one attached hydrogen (secondary N) is 2. The van der Waals surface area contributed by atoms with E-state index < -0.39 is 5.60 Å². The molecule has 1 rings (SSSR count). The van der Waals surface area contributed by atoms with Crippen molar-refractivity contribution in [2.45, 2.75) is 59.6 Å². The summed E-state index contributed by atoms with van der Waals surface area (Å²) < 4.78 is 5.35. The molecule has 0 aliphatic carbocycles. The van der Waals surface area contributed by atoms with Gasteiger partial charge >= 0.3 is 6.09 Å². The molecule has 1 heterocycles. The molecular formula is C19H39N5O2. The predicted molar refractivity (Wildman–Crippen MR) is 108 cm³/mol. The number of ether oxygens (including phenoxy) is 1.